The number of carbonyl (C=O) groups is 1. The lowest BCUT2D eigenvalue weighted by atomic mass is 10.0. The quantitative estimate of drug-likeness (QED) is 0.598. The largest absolute Gasteiger partial charge is 0.497 e. The summed E-state index contributed by atoms with van der Waals surface area (Å²) in [7, 11) is 3.16. The molecule has 0 aliphatic heterocycles. The van der Waals surface area contributed by atoms with Gasteiger partial charge in [0.15, 0.2) is 0 Å². The van der Waals surface area contributed by atoms with Crippen LogP contribution in [0, 0.1) is 0 Å². The number of para-hydroxylation sites is 1. The van der Waals surface area contributed by atoms with Crippen molar-refractivity contribution in [3.05, 3.63) is 53.6 Å². The standard InChI is InChI=1S/C19H22O4/c1-13(2)16-7-5-6-8-18(16)23-19(20)12-14-11-15(21-3)9-10-17(14)22-4/h5-11,13H,12H2,1-4H3. The molecule has 0 fully saturated rings. The average Bonchev–Trinajstić information content (AvgIpc) is 2.55. The van der Waals surface area contributed by atoms with E-state index in [9.17, 15) is 4.79 Å². The zero-order chi connectivity index (χ0) is 16.8. The molecular weight excluding hydrogens is 292 g/mol. The van der Waals surface area contributed by atoms with Crippen LogP contribution in [0.5, 0.6) is 17.2 Å². The van der Waals surface area contributed by atoms with Crippen LogP contribution in [-0.2, 0) is 11.2 Å². The Morgan fingerprint density at radius 2 is 1.74 bits per heavy atom. The number of hydrogen-bond donors (Lipinski definition) is 0. The van der Waals surface area contributed by atoms with Gasteiger partial charge in [-0.05, 0) is 35.7 Å². The van der Waals surface area contributed by atoms with Gasteiger partial charge in [-0.3, -0.25) is 4.79 Å². The van der Waals surface area contributed by atoms with Crippen LogP contribution in [0.25, 0.3) is 0 Å². The van der Waals surface area contributed by atoms with Gasteiger partial charge in [-0.15, -0.1) is 0 Å². The van der Waals surface area contributed by atoms with E-state index in [1.165, 1.54) is 0 Å². The molecule has 2 aromatic carbocycles. The maximum absolute atomic E-state index is 12.3. The number of rotatable bonds is 6. The molecule has 0 spiro atoms. The molecule has 0 saturated carbocycles. The van der Waals surface area contributed by atoms with Crippen LogP contribution in [0.4, 0.5) is 0 Å². The van der Waals surface area contributed by atoms with Crippen LogP contribution in [0.3, 0.4) is 0 Å². The van der Waals surface area contributed by atoms with Gasteiger partial charge in [-0.25, -0.2) is 0 Å². The van der Waals surface area contributed by atoms with E-state index in [-0.39, 0.29) is 18.3 Å². The van der Waals surface area contributed by atoms with E-state index < -0.39 is 0 Å². The first-order valence-electron chi connectivity index (χ1n) is 7.55. The van der Waals surface area contributed by atoms with Gasteiger partial charge in [0.1, 0.15) is 17.2 Å². The molecule has 2 aromatic rings. The highest BCUT2D eigenvalue weighted by atomic mass is 16.5. The summed E-state index contributed by atoms with van der Waals surface area (Å²) in [4.78, 5) is 12.3. The lowest BCUT2D eigenvalue weighted by molar-refractivity contribution is -0.133. The average molecular weight is 314 g/mol. The third-order valence-corrected chi connectivity index (χ3v) is 3.59. The number of carbonyl (C=O) groups excluding carboxylic acids is 1. The zero-order valence-electron chi connectivity index (χ0n) is 14.0. The molecule has 0 amide bonds. The third kappa shape index (κ3) is 4.25. The molecule has 0 unspecified atom stereocenters. The van der Waals surface area contributed by atoms with Crippen molar-refractivity contribution in [2.45, 2.75) is 26.2 Å². The smallest absolute Gasteiger partial charge is 0.315 e. The number of methoxy groups -OCH3 is 2. The lowest BCUT2D eigenvalue weighted by Crippen LogP contribution is -2.13. The van der Waals surface area contributed by atoms with Crippen LogP contribution in [-0.4, -0.2) is 20.2 Å². The van der Waals surface area contributed by atoms with Crippen molar-refractivity contribution in [1.82, 2.24) is 0 Å². The van der Waals surface area contributed by atoms with Crippen molar-refractivity contribution in [3.8, 4) is 17.2 Å². The Morgan fingerprint density at radius 3 is 2.39 bits per heavy atom. The molecule has 23 heavy (non-hydrogen) atoms. The predicted octanol–water partition coefficient (Wildman–Crippen LogP) is 3.98. The van der Waals surface area contributed by atoms with Crippen LogP contribution in [0.2, 0.25) is 0 Å². The monoisotopic (exact) mass is 314 g/mol. The Balaban J connectivity index is 2.17. The SMILES string of the molecule is COc1ccc(OC)c(CC(=O)Oc2ccccc2C(C)C)c1. The molecule has 4 nitrogen and oxygen atoms in total. The molecule has 0 aromatic heterocycles. The summed E-state index contributed by atoms with van der Waals surface area (Å²) < 4.78 is 16.0. The summed E-state index contributed by atoms with van der Waals surface area (Å²) in [5.74, 6) is 1.88. The zero-order valence-corrected chi connectivity index (χ0v) is 14.0. The van der Waals surface area contributed by atoms with Gasteiger partial charge >= 0.3 is 5.97 Å². The summed E-state index contributed by atoms with van der Waals surface area (Å²) in [6.45, 7) is 4.13. The minimum atomic E-state index is -0.329. The Morgan fingerprint density at radius 1 is 1.00 bits per heavy atom. The molecule has 0 heterocycles. The van der Waals surface area contributed by atoms with Crippen molar-refractivity contribution < 1.29 is 19.0 Å². The van der Waals surface area contributed by atoms with E-state index in [0.717, 1.165) is 11.1 Å². The summed E-state index contributed by atoms with van der Waals surface area (Å²) in [5.41, 5.74) is 1.75. The van der Waals surface area contributed by atoms with Gasteiger partial charge in [-0.1, -0.05) is 32.0 Å². The van der Waals surface area contributed by atoms with E-state index in [1.807, 2.05) is 24.3 Å². The highest BCUT2D eigenvalue weighted by Gasteiger charge is 2.15. The fraction of sp³-hybridized carbons (Fsp3) is 0.316. The van der Waals surface area contributed by atoms with Crippen molar-refractivity contribution in [3.63, 3.8) is 0 Å². The summed E-state index contributed by atoms with van der Waals surface area (Å²) in [6, 6.07) is 13.0. The van der Waals surface area contributed by atoms with Gasteiger partial charge in [-0.2, -0.15) is 0 Å². The molecule has 0 radical (unpaired) electrons. The maximum Gasteiger partial charge on any atom is 0.315 e. The molecule has 0 bridgehead atoms. The lowest BCUT2D eigenvalue weighted by Gasteiger charge is -2.13. The van der Waals surface area contributed by atoms with Crippen molar-refractivity contribution in [2.75, 3.05) is 14.2 Å². The van der Waals surface area contributed by atoms with Crippen LogP contribution in [0.1, 0.15) is 30.9 Å². The van der Waals surface area contributed by atoms with Gasteiger partial charge in [0.05, 0.1) is 20.6 Å². The van der Waals surface area contributed by atoms with E-state index in [1.54, 1.807) is 32.4 Å². The molecule has 0 aliphatic rings. The van der Waals surface area contributed by atoms with E-state index in [2.05, 4.69) is 13.8 Å². The highest BCUT2D eigenvalue weighted by Crippen LogP contribution is 2.28. The molecule has 0 atom stereocenters. The first kappa shape index (κ1) is 16.9. The normalized spacial score (nSPS) is 10.5. The number of esters is 1. The summed E-state index contributed by atoms with van der Waals surface area (Å²) in [5, 5.41) is 0. The molecule has 0 aliphatic carbocycles. The van der Waals surface area contributed by atoms with E-state index in [4.69, 9.17) is 14.2 Å². The van der Waals surface area contributed by atoms with Crippen molar-refractivity contribution in [2.24, 2.45) is 0 Å². The Hall–Kier alpha value is -2.49. The van der Waals surface area contributed by atoms with Gasteiger partial charge in [0.25, 0.3) is 0 Å². The van der Waals surface area contributed by atoms with E-state index in [0.29, 0.717) is 17.2 Å². The van der Waals surface area contributed by atoms with Crippen LogP contribution in [0.15, 0.2) is 42.5 Å². The number of ether oxygens (including phenoxy) is 3. The Bertz CT molecular complexity index is 677. The van der Waals surface area contributed by atoms with Gasteiger partial charge < -0.3 is 14.2 Å². The van der Waals surface area contributed by atoms with Gasteiger partial charge in [0, 0.05) is 5.56 Å². The number of hydrogen-bond acceptors (Lipinski definition) is 4. The van der Waals surface area contributed by atoms with Crippen molar-refractivity contribution in [1.29, 1.82) is 0 Å². The molecule has 0 N–H and O–H groups in total. The second-order valence-corrected chi connectivity index (χ2v) is 5.52. The molecule has 122 valence electrons. The second-order valence-electron chi connectivity index (χ2n) is 5.52. The van der Waals surface area contributed by atoms with Crippen molar-refractivity contribution >= 4 is 5.97 Å². The fourth-order valence-electron chi connectivity index (χ4n) is 2.38. The summed E-state index contributed by atoms with van der Waals surface area (Å²) >= 11 is 0. The molecule has 4 heteroatoms. The second kappa shape index (κ2) is 7.68. The molecule has 2 rings (SSSR count). The highest BCUT2D eigenvalue weighted by molar-refractivity contribution is 5.76. The van der Waals surface area contributed by atoms with E-state index >= 15 is 0 Å². The molecule has 0 saturated heterocycles. The number of benzene rings is 2. The topological polar surface area (TPSA) is 44.8 Å². The minimum absolute atomic E-state index is 0.118. The maximum atomic E-state index is 12.3. The first-order valence-corrected chi connectivity index (χ1v) is 7.55. The summed E-state index contributed by atoms with van der Waals surface area (Å²) in [6.07, 6.45) is 0.118. The van der Waals surface area contributed by atoms with Gasteiger partial charge in [0.2, 0.25) is 0 Å². The predicted molar refractivity (Wildman–Crippen MR) is 89.4 cm³/mol. The Kier molecular flexibility index (Phi) is 5.63. The minimum Gasteiger partial charge on any atom is -0.497 e. The Labute approximate surface area is 137 Å². The van der Waals surface area contributed by atoms with Crippen LogP contribution < -0.4 is 14.2 Å². The molecular formula is C19H22O4. The fourth-order valence-corrected chi connectivity index (χ4v) is 2.38. The third-order valence-electron chi connectivity index (χ3n) is 3.59. The van der Waals surface area contributed by atoms with Crippen LogP contribution >= 0.6 is 0 Å². The first-order chi connectivity index (χ1) is 11.0.